The van der Waals surface area contributed by atoms with Gasteiger partial charge in [-0.15, -0.1) is 5.10 Å². The van der Waals surface area contributed by atoms with E-state index in [4.69, 9.17) is 0 Å². The Morgan fingerprint density at radius 2 is 2.12 bits per heavy atom. The van der Waals surface area contributed by atoms with Crippen molar-refractivity contribution in [2.45, 2.75) is 51.1 Å². The van der Waals surface area contributed by atoms with Crippen molar-refractivity contribution in [3.8, 4) is 0 Å². The molecule has 1 atom stereocenters. The maximum atomic E-state index is 12.7. The lowest BCUT2D eigenvalue weighted by molar-refractivity contribution is 0.0756. The average Bonchev–Trinajstić information content (AvgIpc) is 3.21. The summed E-state index contributed by atoms with van der Waals surface area (Å²) in [6.07, 6.45) is 7.67. The minimum Gasteiger partial charge on any atom is -0.336 e. The third-order valence-corrected chi connectivity index (χ3v) is 5.39. The second kappa shape index (κ2) is 7.45. The van der Waals surface area contributed by atoms with Gasteiger partial charge in [0, 0.05) is 43.4 Å². The molecule has 2 aromatic heterocycles. The lowest BCUT2D eigenvalue weighted by Crippen LogP contribution is -2.34. The molecular formula is C17H25N7O2. The molecule has 0 aromatic carbocycles. The molecule has 4 heterocycles. The molecule has 0 saturated carbocycles. The average molecular weight is 359 g/mol. The molecule has 1 unspecified atom stereocenters. The summed E-state index contributed by atoms with van der Waals surface area (Å²) in [5.74, 6) is -0.117. The number of amides is 1. The highest BCUT2D eigenvalue weighted by Gasteiger charge is 2.24. The Bertz CT molecular complexity index is 815. The van der Waals surface area contributed by atoms with Gasteiger partial charge in [-0.25, -0.2) is 0 Å². The van der Waals surface area contributed by atoms with E-state index in [-0.39, 0.29) is 11.5 Å². The number of aromatic nitrogens is 5. The Hall–Kier alpha value is -2.42. The van der Waals surface area contributed by atoms with Crippen LogP contribution in [0.5, 0.6) is 0 Å². The molecule has 2 aromatic rings. The minimum atomic E-state index is -0.117. The van der Waals surface area contributed by atoms with Gasteiger partial charge in [0.2, 0.25) is 0 Å². The molecule has 1 amide bonds. The van der Waals surface area contributed by atoms with Gasteiger partial charge in [-0.3, -0.25) is 19.4 Å². The fraction of sp³-hybridized carbons (Fsp3) is 0.647. The first-order chi connectivity index (χ1) is 12.7. The van der Waals surface area contributed by atoms with Gasteiger partial charge >= 0.3 is 0 Å². The number of carbonyl (C=O) groups excluding carboxylic acids is 1. The number of aryl methyl sites for hydroxylation is 1. The summed E-state index contributed by atoms with van der Waals surface area (Å²) in [7, 11) is 0. The summed E-state index contributed by atoms with van der Waals surface area (Å²) >= 11 is 0. The van der Waals surface area contributed by atoms with Crippen molar-refractivity contribution in [3.05, 3.63) is 33.5 Å². The predicted octanol–water partition coefficient (Wildman–Crippen LogP) is 0.0677. The monoisotopic (exact) mass is 359 g/mol. The fourth-order valence-corrected chi connectivity index (χ4v) is 3.83. The van der Waals surface area contributed by atoms with Gasteiger partial charge in [-0.2, -0.15) is 0 Å². The van der Waals surface area contributed by atoms with Gasteiger partial charge in [0.25, 0.3) is 11.5 Å². The van der Waals surface area contributed by atoms with Crippen molar-refractivity contribution in [2.75, 3.05) is 19.6 Å². The lowest BCUT2D eigenvalue weighted by atomic mass is 10.0. The van der Waals surface area contributed by atoms with Crippen molar-refractivity contribution in [1.29, 1.82) is 0 Å². The molecule has 3 N–H and O–H groups in total. The van der Waals surface area contributed by atoms with Crippen LogP contribution in [0.2, 0.25) is 0 Å². The molecule has 26 heavy (non-hydrogen) atoms. The van der Waals surface area contributed by atoms with Crippen LogP contribution in [-0.4, -0.2) is 61.7 Å². The number of carbonyl (C=O) groups is 1. The summed E-state index contributed by atoms with van der Waals surface area (Å²) in [4.78, 5) is 26.2. The zero-order chi connectivity index (χ0) is 17.9. The van der Waals surface area contributed by atoms with Crippen molar-refractivity contribution in [3.63, 3.8) is 0 Å². The summed E-state index contributed by atoms with van der Waals surface area (Å²) in [6, 6.07) is 0.532. The number of rotatable bonds is 4. The van der Waals surface area contributed by atoms with Gasteiger partial charge in [-0.1, -0.05) is 11.6 Å². The second-order valence-corrected chi connectivity index (χ2v) is 7.13. The van der Waals surface area contributed by atoms with Crippen LogP contribution in [0.4, 0.5) is 0 Å². The molecule has 2 aliphatic heterocycles. The quantitative estimate of drug-likeness (QED) is 0.715. The topological polar surface area (TPSA) is 112 Å². The number of piperidine rings is 1. The first kappa shape index (κ1) is 17.0. The molecule has 9 nitrogen and oxygen atoms in total. The number of hydrogen-bond acceptors (Lipinski definition) is 5. The van der Waals surface area contributed by atoms with Crippen molar-refractivity contribution >= 4 is 5.91 Å². The first-order valence-electron chi connectivity index (χ1n) is 9.42. The van der Waals surface area contributed by atoms with Crippen LogP contribution < -0.4 is 10.9 Å². The summed E-state index contributed by atoms with van der Waals surface area (Å²) in [6.45, 7) is 2.94. The molecule has 0 bridgehead atoms. The molecule has 0 spiro atoms. The molecule has 1 fully saturated rings. The fourth-order valence-electron chi connectivity index (χ4n) is 3.83. The van der Waals surface area contributed by atoms with Crippen LogP contribution in [0, 0.1) is 0 Å². The van der Waals surface area contributed by atoms with E-state index in [9.17, 15) is 9.59 Å². The number of aromatic amines is 2. The number of nitrogens with zero attached hydrogens (tertiary/aromatic N) is 4. The highest BCUT2D eigenvalue weighted by atomic mass is 16.2. The largest absolute Gasteiger partial charge is 0.336 e. The van der Waals surface area contributed by atoms with Gasteiger partial charge in [0.15, 0.2) is 5.69 Å². The van der Waals surface area contributed by atoms with Crippen LogP contribution in [0.15, 0.2) is 11.0 Å². The lowest BCUT2D eigenvalue weighted by Gasteiger charge is -2.23. The zero-order valence-corrected chi connectivity index (χ0v) is 14.8. The molecule has 140 valence electrons. The highest BCUT2D eigenvalue weighted by Crippen LogP contribution is 2.13. The van der Waals surface area contributed by atoms with E-state index in [2.05, 4.69) is 25.8 Å². The summed E-state index contributed by atoms with van der Waals surface area (Å²) in [5, 5.41) is 17.2. The molecular weight excluding hydrogens is 334 g/mol. The number of nitrogens with one attached hydrogen (secondary N) is 3. The van der Waals surface area contributed by atoms with Crippen LogP contribution in [0.25, 0.3) is 0 Å². The standard InChI is InChI=1S/C17H25N7O2/c25-16-13-5-8-23(9-6-14(13)19-21-16)17(26)15-11-24(22-20-15)10-4-12-3-1-2-7-18-12/h11-12,18H,1-10H2,(H2,19,21,25). The molecule has 4 rings (SSSR count). The van der Waals surface area contributed by atoms with Crippen molar-refractivity contribution in [2.24, 2.45) is 0 Å². The van der Waals surface area contributed by atoms with Gasteiger partial charge < -0.3 is 15.3 Å². The SMILES string of the molecule is O=C(c1cn(CCC2CCCCN2)nn1)N1CCc2[nH][nH]c(=O)c2CC1. The highest BCUT2D eigenvalue weighted by molar-refractivity contribution is 5.92. The van der Waals surface area contributed by atoms with Gasteiger partial charge in [0.05, 0.1) is 6.20 Å². The third-order valence-electron chi connectivity index (χ3n) is 5.39. The summed E-state index contributed by atoms with van der Waals surface area (Å²) in [5.41, 5.74) is 1.94. The zero-order valence-electron chi connectivity index (χ0n) is 14.8. The van der Waals surface area contributed by atoms with Gasteiger partial charge in [-0.05, 0) is 32.2 Å². The Labute approximate surface area is 151 Å². The van der Waals surface area contributed by atoms with Gasteiger partial charge in [0.1, 0.15) is 0 Å². The Morgan fingerprint density at radius 3 is 2.96 bits per heavy atom. The number of fused-ring (bicyclic) bond motifs is 1. The van der Waals surface area contributed by atoms with Crippen LogP contribution in [0.1, 0.15) is 47.4 Å². The molecule has 9 heteroatoms. The maximum Gasteiger partial charge on any atom is 0.276 e. The molecule has 0 aliphatic carbocycles. The molecule has 1 saturated heterocycles. The van der Waals surface area contributed by atoms with Crippen molar-refractivity contribution in [1.82, 2.24) is 35.4 Å². The second-order valence-electron chi connectivity index (χ2n) is 7.13. The minimum absolute atomic E-state index is 0.0865. The van der Waals surface area contributed by atoms with E-state index in [1.54, 1.807) is 15.8 Å². The maximum absolute atomic E-state index is 12.7. The van der Waals surface area contributed by atoms with Crippen molar-refractivity contribution < 1.29 is 4.79 Å². The van der Waals surface area contributed by atoms with E-state index < -0.39 is 0 Å². The molecule has 2 aliphatic rings. The van der Waals surface area contributed by atoms with E-state index in [1.165, 1.54) is 19.3 Å². The van der Waals surface area contributed by atoms with Crippen LogP contribution in [0.3, 0.4) is 0 Å². The van der Waals surface area contributed by atoms with E-state index >= 15 is 0 Å². The van der Waals surface area contributed by atoms with E-state index in [1.807, 2.05) is 0 Å². The molecule has 0 radical (unpaired) electrons. The van der Waals surface area contributed by atoms with E-state index in [0.29, 0.717) is 37.7 Å². The van der Waals surface area contributed by atoms with Crippen LogP contribution >= 0.6 is 0 Å². The Morgan fingerprint density at radius 1 is 1.23 bits per heavy atom. The predicted molar refractivity (Wildman–Crippen MR) is 95.0 cm³/mol. The van der Waals surface area contributed by atoms with E-state index in [0.717, 1.165) is 30.8 Å². The summed E-state index contributed by atoms with van der Waals surface area (Å²) < 4.78 is 1.76. The smallest absolute Gasteiger partial charge is 0.276 e. The third kappa shape index (κ3) is 3.57. The Kier molecular flexibility index (Phi) is 4.87. The normalized spacial score (nSPS) is 20.6. The first-order valence-corrected chi connectivity index (χ1v) is 9.42. The number of H-pyrrole nitrogens is 2. The Balaban J connectivity index is 1.35. The number of hydrogen-bond donors (Lipinski definition) is 3. The van der Waals surface area contributed by atoms with Crippen LogP contribution in [-0.2, 0) is 19.4 Å².